The number of alkyl halides is 4. The molecule has 2 aromatic rings. The first-order chi connectivity index (χ1) is 25.1. The number of anilines is 2. The molecule has 2 saturated heterocycles. The molecule has 2 aromatic heterocycles. The van der Waals surface area contributed by atoms with Crippen LogP contribution < -0.4 is 22.8 Å². The summed E-state index contributed by atoms with van der Waals surface area (Å²) in [6, 6.07) is 2.21. The number of hydrogen-bond acceptors (Lipinski definition) is 18. The molecule has 55 heavy (non-hydrogen) atoms. The largest absolute Gasteiger partial charge is 0.460 e. The summed E-state index contributed by atoms with van der Waals surface area (Å²) in [5.74, 6) is -12.2. The first-order valence-corrected chi connectivity index (χ1v) is 15.2. The van der Waals surface area contributed by atoms with Crippen molar-refractivity contribution < 1.29 is 75.4 Å². The number of hydrogen-bond donors (Lipinski definition) is 4. The van der Waals surface area contributed by atoms with Crippen LogP contribution in [0.2, 0.25) is 0 Å². The van der Waals surface area contributed by atoms with Gasteiger partial charge in [0.25, 0.3) is 0 Å². The molecule has 0 aliphatic carbocycles. The van der Waals surface area contributed by atoms with Gasteiger partial charge in [-0.25, -0.2) is 28.8 Å². The molecule has 24 heteroatoms. The molecule has 0 radical (unpaired) electrons. The second-order valence-corrected chi connectivity index (χ2v) is 11.4. The highest BCUT2D eigenvalue weighted by atomic mass is 19.3. The minimum absolute atomic E-state index is 0. The molecule has 2 fully saturated rings. The summed E-state index contributed by atoms with van der Waals surface area (Å²) in [5.41, 5.74) is 8.45. The maximum atomic E-state index is 14.7. The van der Waals surface area contributed by atoms with Crippen LogP contribution in [-0.4, -0.2) is 116 Å². The number of nitrogen functional groups attached to an aromatic ring is 2. The quantitative estimate of drug-likeness (QED) is 0.0903. The lowest BCUT2D eigenvalue weighted by Crippen LogP contribution is -2.45. The van der Waals surface area contributed by atoms with Gasteiger partial charge in [-0.15, -0.1) is 0 Å². The number of ether oxygens (including phenoxy) is 6. The van der Waals surface area contributed by atoms with E-state index in [1.165, 1.54) is 13.8 Å². The lowest BCUT2D eigenvalue weighted by Gasteiger charge is -2.23. The highest BCUT2D eigenvalue weighted by Gasteiger charge is 2.62. The zero-order chi connectivity index (χ0) is 40.7. The third kappa shape index (κ3) is 10.9. The highest BCUT2D eigenvalue weighted by molar-refractivity contribution is 5.89. The Bertz CT molecular complexity index is 1890. The predicted molar refractivity (Wildman–Crippen MR) is 176 cm³/mol. The summed E-state index contributed by atoms with van der Waals surface area (Å²) >= 11 is 0. The molecule has 304 valence electrons. The number of carbonyl (C=O) groups excluding carboxylic acids is 4. The van der Waals surface area contributed by atoms with E-state index in [-0.39, 0.29) is 30.2 Å². The SMILES string of the molecule is C.C=C(C)C(=O)OCC(=O)OC1[C@@H](CO)O[C@@H](n2ccc(N)nc2=O)C1(F)F.C=C(C)C(=O)OCC(=O)OC[C@H]1O[C@@H](n2ccc(N)nc2=O)C(F)(F)C1O. The van der Waals surface area contributed by atoms with E-state index in [1.807, 2.05) is 0 Å². The van der Waals surface area contributed by atoms with Gasteiger partial charge in [-0.3, -0.25) is 9.13 Å². The number of aromatic nitrogens is 4. The van der Waals surface area contributed by atoms with Gasteiger partial charge >= 0.3 is 47.1 Å². The van der Waals surface area contributed by atoms with Gasteiger partial charge in [0.2, 0.25) is 12.5 Å². The summed E-state index contributed by atoms with van der Waals surface area (Å²) in [4.78, 5) is 75.8. The van der Waals surface area contributed by atoms with Gasteiger partial charge in [-0.2, -0.15) is 27.5 Å². The fraction of sp³-hybridized carbons (Fsp3) is 0.484. The van der Waals surface area contributed by atoms with Crippen LogP contribution in [0.1, 0.15) is 33.7 Å². The molecule has 0 amide bonds. The fourth-order valence-corrected chi connectivity index (χ4v) is 4.46. The van der Waals surface area contributed by atoms with E-state index in [1.54, 1.807) is 0 Å². The van der Waals surface area contributed by atoms with E-state index < -0.39 is 110 Å². The monoisotopic (exact) mass is 794 g/mol. The van der Waals surface area contributed by atoms with E-state index in [0.717, 1.165) is 24.5 Å². The molecule has 20 nitrogen and oxygen atoms in total. The van der Waals surface area contributed by atoms with Crippen LogP contribution in [0.25, 0.3) is 0 Å². The van der Waals surface area contributed by atoms with Crippen LogP contribution >= 0.6 is 0 Å². The highest BCUT2D eigenvalue weighted by Crippen LogP contribution is 2.44. The van der Waals surface area contributed by atoms with Crippen LogP contribution in [0.4, 0.5) is 29.2 Å². The van der Waals surface area contributed by atoms with Gasteiger partial charge in [0.1, 0.15) is 30.5 Å². The molecule has 0 spiro atoms. The van der Waals surface area contributed by atoms with Crippen molar-refractivity contribution in [2.45, 2.75) is 70.0 Å². The maximum absolute atomic E-state index is 14.7. The Morgan fingerprint density at radius 1 is 0.818 bits per heavy atom. The van der Waals surface area contributed by atoms with Crippen LogP contribution in [0.15, 0.2) is 58.4 Å². The van der Waals surface area contributed by atoms with Gasteiger partial charge < -0.3 is 50.1 Å². The van der Waals surface area contributed by atoms with Gasteiger partial charge in [-0.05, 0) is 26.0 Å². The molecule has 6 atom stereocenters. The Labute approximate surface area is 307 Å². The van der Waals surface area contributed by atoms with Crippen molar-refractivity contribution in [3.8, 4) is 0 Å². The van der Waals surface area contributed by atoms with Crippen molar-refractivity contribution in [2.75, 3.05) is 37.9 Å². The van der Waals surface area contributed by atoms with Crippen molar-refractivity contribution in [2.24, 2.45) is 0 Å². The van der Waals surface area contributed by atoms with Gasteiger partial charge in [0.15, 0.2) is 25.4 Å². The minimum Gasteiger partial charge on any atom is -0.460 e. The average Bonchev–Trinajstić information content (AvgIpc) is 3.47. The number of halogens is 4. The Balaban J connectivity index is 0.000000373. The topological polar surface area (TPSA) is 286 Å². The third-order valence-electron chi connectivity index (χ3n) is 7.12. The number of rotatable bonds is 12. The summed E-state index contributed by atoms with van der Waals surface area (Å²) in [6.07, 6.45) is -10.3. The molecule has 4 rings (SSSR count). The van der Waals surface area contributed by atoms with E-state index in [0.29, 0.717) is 9.13 Å². The molecule has 0 bridgehead atoms. The van der Waals surface area contributed by atoms with Gasteiger partial charge in [0, 0.05) is 23.5 Å². The summed E-state index contributed by atoms with van der Waals surface area (Å²) < 4.78 is 87.2. The van der Waals surface area contributed by atoms with Crippen molar-refractivity contribution in [3.05, 3.63) is 69.8 Å². The number of esters is 4. The first-order valence-electron chi connectivity index (χ1n) is 15.2. The third-order valence-corrected chi connectivity index (χ3v) is 7.12. The summed E-state index contributed by atoms with van der Waals surface area (Å²) in [5, 5.41) is 19.1. The van der Waals surface area contributed by atoms with Crippen molar-refractivity contribution >= 4 is 35.5 Å². The van der Waals surface area contributed by atoms with E-state index in [9.17, 15) is 56.5 Å². The second-order valence-electron chi connectivity index (χ2n) is 11.4. The molecular formula is C31H38F4N6O14. The van der Waals surface area contributed by atoms with Crippen LogP contribution in [0, 0.1) is 0 Å². The number of nitrogens with two attached hydrogens (primary N) is 2. The Hall–Kier alpha value is -5.72. The Morgan fingerprint density at radius 3 is 1.69 bits per heavy atom. The number of carbonyl (C=O) groups is 4. The van der Waals surface area contributed by atoms with Gasteiger partial charge in [-0.1, -0.05) is 20.6 Å². The van der Waals surface area contributed by atoms with Crippen molar-refractivity contribution in [1.82, 2.24) is 19.1 Å². The van der Waals surface area contributed by atoms with E-state index >= 15 is 0 Å². The number of nitrogens with zero attached hydrogens (tertiary/aromatic N) is 4. The van der Waals surface area contributed by atoms with Gasteiger partial charge in [0.05, 0.1) is 6.61 Å². The molecule has 0 saturated carbocycles. The second kappa shape index (κ2) is 18.5. The smallest absolute Gasteiger partial charge is 0.351 e. The molecule has 2 aliphatic rings. The standard InChI is InChI=1S/2C15H17F2N3O7.CH4/c1-7(2)12(23)26-6-10(21)25-5-8-11(22)15(16,17)13(27-8)20-4-3-9(18)19-14(20)24;1-7(2)12(23)25-6-10(22)27-11-8(5-21)26-13(15(11,16)17)20-4-3-9(18)19-14(20)24;/h3-4,8,11,13,22H,1,5-6H2,2H3,(H2,18,19,24);3-4,8,11,13,21H,1,5-6H2,2H3,(H2,18,19,24);1H4/t2*8-,11?,13-;/m11./s1. The molecule has 2 aliphatic heterocycles. The number of aliphatic hydroxyl groups is 2. The fourth-order valence-electron chi connectivity index (χ4n) is 4.46. The lowest BCUT2D eigenvalue weighted by atomic mass is 10.1. The maximum Gasteiger partial charge on any atom is 0.351 e. The van der Waals surface area contributed by atoms with Crippen molar-refractivity contribution in [1.29, 1.82) is 0 Å². The Morgan fingerprint density at radius 2 is 1.25 bits per heavy atom. The summed E-state index contributed by atoms with van der Waals surface area (Å²) in [7, 11) is 0. The molecule has 4 heterocycles. The van der Waals surface area contributed by atoms with E-state index in [2.05, 4.69) is 42.1 Å². The van der Waals surface area contributed by atoms with Crippen LogP contribution in [-0.2, 0) is 47.6 Å². The summed E-state index contributed by atoms with van der Waals surface area (Å²) in [6.45, 7) is 5.92. The van der Waals surface area contributed by atoms with Crippen molar-refractivity contribution in [3.63, 3.8) is 0 Å². The zero-order valence-corrected chi connectivity index (χ0v) is 28.3. The Kier molecular flexibility index (Phi) is 15.3. The lowest BCUT2D eigenvalue weighted by molar-refractivity contribution is -0.181. The molecule has 0 aromatic carbocycles. The number of aliphatic hydroxyl groups excluding tert-OH is 2. The van der Waals surface area contributed by atoms with Crippen LogP contribution in [0.3, 0.4) is 0 Å². The molecule has 2 unspecified atom stereocenters. The van der Waals surface area contributed by atoms with E-state index in [4.69, 9.17) is 20.9 Å². The molecule has 6 N–H and O–H groups in total. The average molecular weight is 795 g/mol. The predicted octanol–water partition coefficient (Wildman–Crippen LogP) is -0.601. The molecular weight excluding hydrogens is 756 g/mol. The minimum atomic E-state index is -3.90. The normalized spacial score (nSPS) is 23.2. The first kappa shape index (κ1) is 45.4. The zero-order valence-electron chi connectivity index (χ0n) is 28.3. The van der Waals surface area contributed by atoms with Crippen LogP contribution in [0.5, 0.6) is 0 Å².